The molecule has 0 spiro atoms. The molecule has 2 bridgehead atoms. The minimum Gasteiger partial charge on any atom is -0.481 e. The molecule has 0 unspecified atom stereocenters. The second-order valence-electron chi connectivity index (χ2n) is 29.7. The summed E-state index contributed by atoms with van der Waals surface area (Å²) < 4.78 is 11.6. The summed E-state index contributed by atoms with van der Waals surface area (Å²) in [7, 11) is 4.31. The Labute approximate surface area is 667 Å². The van der Waals surface area contributed by atoms with Gasteiger partial charge in [-0.1, -0.05) is 163 Å². The number of amides is 13. The first-order valence-corrected chi connectivity index (χ1v) is 41.0. The quantitative estimate of drug-likeness (QED) is 0.0503. The summed E-state index contributed by atoms with van der Waals surface area (Å²) in [6.45, 7) is 20.4. The van der Waals surface area contributed by atoms with Gasteiger partial charge in [-0.3, -0.25) is 76.7 Å². The van der Waals surface area contributed by atoms with Crippen molar-refractivity contribution >= 4 is 116 Å². The molecule has 35 heteroatoms. The Morgan fingerprint density at radius 2 is 1.17 bits per heavy atom. The van der Waals surface area contributed by atoms with Crippen LogP contribution in [0.3, 0.4) is 0 Å². The number of fused-ring (bicyclic) bond motifs is 6. The van der Waals surface area contributed by atoms with E-state index in [9.17, 15) is 63.0 Å². The van der Waals surface area contributed by atoms with Crippen LogP contribution in [0.2, 0.25) is 0 Å². The van der Waals surface area contributed by atoms with Crippen molar-refractivity contribution in [1.82, 2.24) is 68.3 Å². The zero-order valence-corrected chi connectivity index (χ0v) is 68.4. The number of aliphatic carboxylic acids is 1. The van der Waals surface area contributed by atoms with E-state index in [-0.39, 0.29) is 69.1 Å². The van der Waals surface area contributed by atoms with Crippen LogP contribution in [0, 0.1) is 29.6 Å². The monoisotopic (exact) mass is 1620 g/mol. The van der Waals surface area contributed by atoms with Crippen LogP contribution in [0.4, 0.5) is 0 Å². The lowest BCUT2D eigenvalue weighted by Crippen LogP contribution is -2.62. The molecular weight excluding hydrogens is 1500 g/mol. The zero-order chi connectivity index (χ0) is 84.1. The molecule has 0 saturated carbocycles. The van der Waals surface area contributed by atoms with Gasteiger partial charge >= 0.3 is 11.9 Å². The van der Waals surface area contributed by atoms with E-state index in [1.165, 1.54) is 39.8 Å². The topological polar surface area (TPSA) is 471 Å². The Balaban J connectivity index is 1.80. The molecule has 2 aromatic carbocycles. The molecule has 0 aromatic heterocycles. The molecule has 5 rings (SSSR count). The fourth-order valence-corrected chi connectivity index (χ4v) is 15.2. The number of rotatable bonds is 20. The molecule has 13 N–H and O–H groups in total. The van der Waals surface area contributed by atoms with Crippen LogP contribution in [0.1, 0.15) is 151 Å². The van der Waals surface area contributed by atoms with E-state index in [0.29, 0.717) is 24.0 Å². The van der Waals surface area contributed by atoms with Crippen molar-refractivity contribution < 1.29 is 96.4 Å². The highest BCUT2D eigenvalue weighted by atomic mass is 33.1. The van der Waals surface area contributed by atoms with Crippen LogP contribution in [-0.2, 0) is 99.0 Å². The van der Waals surface area contributed by atoms with E-state index >= 15 is 24.0 Å². The van der Waals surface area contributed by atoms with Gasteiger partial charge in [0, 0.05) is 57.9 Å². The summed E-state index contributed by atoms with van der Waals surface area (Å²) in [6, 6.07) is -1.89. The number of Topliss-reactive ketones (excluding diaryl/α,β-unsaturated/α-hetero) is 1. The van der Waals surface area contributed by atoms with Gasteiger partial charge in [0.15, 0.2) is 5.78 Å². The van der Waals surface area contributed by atoms with Gasteiger partial charge in [0.25, 0.3) is 5.91 Å². The van der Waals surface area contributed by atoms with Gasteiger partial charge in [-0.2, -0.15) is 0 Å². The summed E-state index contributed by atoms with van der Waals surface area (Å²) in [5, 5.41) is 49.6. The summed E-state index contributed by atoms with van der Waals surface area (Å²) in [4.78, 5) is 236. The first kappa shape index (κ1) is 94.1. The Bertz CT molecular complexity index is 3690. The van der Waals surface area contributed by atoms with Crippen molar-refractivity contribution in [3.63, 3.8) is 0 Å². The lowest BCUT2D eigenvalue weighted by Gasteiger charge is -2.35. The summed E-state index contributed by atoms with van der Waals surface area (Å²) in [5.74, 6) is -20.3. The zero-order valence-electron chi connectivity index (χ0n) is 66.7. The minimum atomic E-state index is -2.02. The number of carbonyl (C=O) groups is 16. The molecule has 33 nitrogen and oxygen atoms in total. The highest BCUT2D eigenvalue weighted by molar-refractivity contribution is 8.76. The number of ether oxygens (including phenoxy) is 2. The SMILES string of the molecule is C=C1NC(=O)[C@H]([C@@H](C)CC)NC(=O)[C@@H]2CSSC[C@@H](NC(=O)CCC(=O)O)C(=O)N[C@@H](Cc3ccccc3)C(=O)N[C@H](C)C(=O)N[C@@H](C[C@@H](C)CC)C(=O)N[C@@H](C(=O)N[C@H](Cc3ccccc3)C(=O)N3CCC[C@H]3C(=O)N2)[C@@H](C)OC(=O)[C@H](CO)CC(=O)[C@H]([C@@H](C)OC)N(C)C(=O)[C@@H](C(C)C)NC(=O)[C@H](C[C@H](C)CC)NC1=O. The van der Waals surface area contributed by atoms with E-state index in [0.717, 1.165) is 26.5 Å². The lowest BCUT2D eigenvalue weighted by atomic mass is 9.93. The maximum absolute atomic E-state index is 15.6. The number of aliphatic hydroxyl groups is 1. The number of carboxylic acids is 1. The number of likely N-dealkylation sites (N-methyl/N-ethyl adjacent to an activating group) is 1. The second kappa shape index (κ2) is 46.0. The fraction of sp³-hybridized carbons (Fsp3) is 0.615. The number of hydrogen-bond acceptors (Lipinski definition) is 21. The second-order valence-corrected chi connectivity index (χ2v) is 32.3. The van der Waals surface area contributed by atoms with Crippen molar-refractivity contribution in [3.05, 3.63) is 84.1 Å². The van der Waals surface area contributed by atoms with Crippen molar-refractivity contribution in [2.45, 2.75) is 238 Å². The van der Waals surface area contributed by atoms with Crippen LogP contribution in [0.25, 0.3) is 0 Å². The van der Waals surface area contributed by atoms with Crippen LogP contribution < -0.4 is 58.5 Å². The maximum Gasteiger partial charge on any atom is 0.312 e. The molecule has 2 aromatic rings. The Kier molecular flexibility index (Phi) is 38.3. The predicted molar refractivity (Wildman–Crippen MR) is 420 cm³/mol. The highest BCUT2D eigenvalue weighted by Crippen LogP contribution is 2.27. The Morgan fingerprint density at radius 1 is 0.619 bits per heavy atom. The number of carboxylic acid groups (broad SMARTS) is 1. The summed E-state index contributed by atoms with van der Waals surface area (Å²) in [5.41, 5.74) is 0.426. The predicted octanol–water partition coefficient (Wildman–Crippen LogP) is 1.17. The van der Waals surface area contributed by atoms with E-state index in [1.54, 1.807) is 95.3 Å². The van der Waals surface area contributed by atoms with Gasteiger partial charge < -0.3 is 88.0 Å². The number of carbonyl (C=O) groups excluding carboxylic acids is 15. The smallest absolute Gasteiger partial charge is 0.312 e. The number of ketones is 1. The van der Waals surface area contributed by atoms with Crippen LogP contribution in [0.15, 0.2) is 72.9 Å². The van der Waals surface area contributed by atoms with Crippen LogP contribution in [-0.4, -0.2) is 238 Å². The molecule has 3 aliphatic rings. The third kappa shape index (κ3) is 28.5. The minimum absolute atomic E-state index is 0.00341. The number of esters is 1. The Hall–Kier alpha value is -9.48. The molecule has 624 valence electrons. The molecular formula is C78H115N13O20S2. The average molecular weight is 1620 g/mol. The maximum atomic E-state index is 15.6. The number of hydrogen-bond donors (Lipinski definition) is 13. The van der Waals surface area contributed by atoms with Gasteiger partial charge in [0.2, 0.25) is 70.9 Å². The Morgan fingerprint density at radius 3 is 1.73 bits per heavy atom. The van der Waals surface area contributed by atoms with Gasteiger partial charge in [0.05, 0.1) is 30.7 Å². The molecule has 3 aliphatic heterocycles. The molecule has 113 heavy (non-hydrogen) atoms. The highest BCUT2D eigenvalue weighted by Gasteiger charge is 2.45. The fourth-order valence-electron chi connectivity index (χ4n) is 12.9. The van der Waals surface area contributed by atoms with E-state index in [1.807, 2.05) is 20.8 Å². The largest absolute Gasteiger partial charge is 0.481 e. The molecule has 3 fully saturated rings. The normalized spacial score (nSPS) is 27.5. The van der Waals surface area contributed by atoms with E-state index < -0.39 is 234 Å². The number of nitrogens with one attached hydrogen (secondary N) is 11. The van der Waals surface area contributed by atoms with Crippen molar-refractivity contribution in [2.24, 2.45) is 29.6 Å². The molecule has 0 radical (unpaired) electrons. The van der Waals surface area contributed by atoms with E-state index in [2.05, 4.69) is 65.1 Å². The van der Waals surface area contributed by atoms with Gasteiger partial charge in [-0.15, -0.1) is 0 Å². The number of benzene rings is 2. The number of aliphatic hydroxyl groups excluding tert-OH is 1. The van der Waals surface area contributed by atoms with Crippen molar-refractivity contribution in [2.75, 3.05) is 38.8 Å². The van der Waals surface area contributed by atoms with Crippen molar-refractivity contribution in [1.29, 1.82) is 0 Å². The molecule has 3 heterocycles. The first-order chi connectivity index (χ1) is 53.5. The number of cyclic esters (lactones) is 1. The molecule has 0 aliphatic carbocycles. The third-order valence-electron chi connectivity index (χ3n) is 20.6. The molecule has 13 amide bonds. The van der Waals surface area contributed by atoms with Crippen LogP contribution in [0.5, 0.6) is 0 Å². The van der Waals surface area contributed by atoms with E-state index in [4.69, 9.17) is 9.47 Å². The summed E-state index contributed by atoms with van der Waals surface area (Å²) in [6.07, 6.45) is -4.21. The third-order valence-corrected chi connectivity index (χ3v) is 23.0. The number of nitrogens with zero attached hydrogens (tertiary/aromatic N) is 2. The number of methoxy groups -OCH3 is 1. The van der Waals surface area contributed by atoms with Crippen LogP contribution >= 0.6 is 21.6 Å². The standard InChI is InChI=1S/C78H115N13O20S2/c1-15-42(6)33-52-69(100)87-62(41(4)5)77(108)90(13)65(48(12)110-14)59(93)37-51(38-92)78(109)111-47(11)64-75(106)85-55(36-50-27-22-19-23-28-50)76(107)91-32-24-29-58(91)73(104)86-57(72(103)88-63(44(8)17-3)74(105)80-46(10)67(98)82-52)40-113-112-39-56(81-60(94)30-31-61(95)96)71(102)84-54(35-49-25-20-18-21-26-49)68(99)79-45(9)66(97)83-53(70(101)89-64)34-43(7)16-2/h18-23,25-28,41-45,47-48,51-58,62-65,92H,10,15-17,24,29-40H2,1-9,11-14H3,(H,79,99)(H,80,105)(H,81,94)(H,82,98)(H,83,97)(H,84,102)(H,85,106)(H,86,104)(H,87,100)(H,88,103)(H,89,101)(H,95,96)/t42-,43+,44+,45-,47-,48-,51+,52+,53+,54+,55-,56-,57+,58+,62-,63+,64-,65+/m1/s1. The molecule has 3 saturated heterocycles. The van der Waals surface area contributed by atoms with Gasteiger partial charge in [0.1, 0.15) is 78.6 Å². The van der Waals surface area contributed by atoms with Crippen molar-refractivity contribution in [3.8, 4) is 0 Å². The lowest BCUT2D eigenvalue weighted by molar-refractivity contribution is -0.160. The first-order valence-electron chi connectivity index (χ1n) is 38.5. The van der Waals surface area contributed by atoms with Gasteiger partial charge in [-0.05, 0) is 81.3 Å². The average Bonchev–Trinajstić information content (AvgIpc) is 1.75. The molecule has 18 atom stereocenters. The van der Waals surface area contributed by atoms with Gasteiger partial charge in [-0.25, -0.2) is 0 Å². The summed E-state index contributed by atoms with van der Waals surface area (Å²) >= 11 is 0.